The maximum Gasteiger partial charge on any atom is 0.140 e. The van der Waals surface area contributed by atoms with Crippen molar-refractivity contribution in [3.63, 3.8) is 0 Å². The summed E-state index contributed by atoms with van der Waals surface area (Å²) in [6, 6.07) is 0. The van der Waals surface area contributed by atoms with E-state index in [9.17, 15) is 0 Å². The van der Waals surface area contributed by atoms with Crippen LogP contribution in [0.15, 0.2) is 9.05 Å². The molecular formula is C14H20N2O2S2. The molecule has 2 rings (SSSR count). The quantitative estimate of drug-likeness (QED) is 0.772. The van der Waals surface area contributed by atoms with E-state index in [1.165, 1.54) is 11.1 Å². The Hall–Kier alpha value is -0.880. The molecule has 4 nitrogen and oxygen atoms in total. The second kappa shape index (κ2) is 7.22. The summed E-state index contributed by atoms with van der Waals surface area (Å²) in [5.74, 6) is 3.42. The van der Waals surface area contributed by atoms with Crippen LogP contribution >= 0.6 is 25.3 Å². The molecule has 2 aromatic rings. The first-order valence-electron chi connectivity index (χ1n) is 6.77. The molecule has 0 amide bonds. The molecule has 0 fully saturated rings. The number of aryl methyl sites for hydroxylation is 4. The molecular weight excluding hydrogens is 292 g/mol. The predicted octanol–water partition coefficient (Wildman–Crippen LogP) is 3.01. The highest BCUT2D eigenvalue weighted by Gasteiger charge is 2.16. The van der Waals surface area contributed by atoms with Crippen LogP contribution in [0.25, 0.3) is 0 Å². The first-order valence-corrected chi connectivity index (χ1v) is 8.03. The zero-order valence-corrected chi connectivity index (χ0v) is 13.6. The van der Waals surface area contributed by atoms with Crippen LogP contribution in [-0.2, 0) is 25.7 Å². The Morgan fingerprint density at radius 2 is 1.15 bits per heavy atom. The van der Waals surface area contributed by atoms with Crippen molar-refractivity contribution in [2.75, 3.05) is 11.5 Å². The maximum atomic E-state index is 5.36. The third-order valence-electron chi connectivity index (χ3n) is 3.43. The smallest absolute Gasteiger partial charge is 0.140 e. The first kappa shape index (κ1) is 15.5. The van der Waals surface area contributed by atoms with Crippen molar-refractivity contribution in [2.24, 2.45) is 0 Å². The number of nitrogens with zero attached hydrogens (tertiary/aromatic N) is 2. The minimum atomic E-state index is 0.763. The summed E-state index contributed by atoms with van der Waals surface area (Å²) >= 11 is 8.51. The summed E-state index contributed by atoms with van der Waals surface area (Å²) in [6.45, 7) is 3.96. The Kier molecular flexibility index (Phi) is 5.60. The Morgan fingerprint density at radius 3 is 1.50 bits per heavy atom. The maximum absolute atomic E-state index is 5.36. The molecule has 0 unspecified atom stereocenters. The van der Waals surface area contributed by atoms with Crippen LogP contribution in [0.1, 0.15) is 34.0 Å². The zero-order valence-electron chi connectivity index (χ0n) is 11.8. The molecule has 0 aromatic carbocycles. The van der Waals surface area contributed by atoms with E-state index in [1.54, 1.807) is 0 Å². The number of rotatable bonds is 7. The van der Waals surface area contributed by atoms with Crippen LogP contribution in [0, 0.1) is 13.8 Å². The zero-order chi connectivity index (χ0) is 14.5. The van der Waals surface area contributed by atoms with Crippen molar-refractivity contribution < 1.29 is 9.05 Å². The van der Waals surface area contributed by atoms with E-state index >= 15 is 0 Å². The summed E-state index contributed by atoms with van der Waals surface area (Å²) < 4.78 is 10.7. The third-order valence-corrected chi connectivity index (χ3v) is 3.88. The molecule has 0 saturated heterocycles. The monoisotopic (exact) mass is 312 g/mol. The Bertz CT molecular complexity index is 513. The van der Waals surface area contributed by atoms with E-state index in [1.807, 2.05) is 13.8 Å². The second-order valence-electron chi connectivity index (χ2n) is 4.79. The van der Waals surface area contributed by atoms with Crippen molar-refractivity contribution in [3.05, 3.63) is 34.0 Å². The van der Waals surface area contributed by atoms with Gasteiger partial charge in [-0.3, -0.25) is 0 Å². The van der Waals surface area contributed by atoms with Gasteiger partial charge < -0.3 is 9.05 Å². The van der Waals surface area contributed by atoms with Gasteiger partial charge in [-0.25, -0.2) is 0 Å². The van der Waals surface area contributed by atoms with Crippen molar-refractivity contribution in [3.8, 4) is 0 Å². The third kappa shape index (κ3) is 3.41. The predicted molar refractivity (Wildman–Crippen MR) is 85.0 cm³/mol. The van der Waals surface area contributed by atoms with Gasteiger partial charge in [-0.1, -0.05) is 10.3 Å². The fraction of sp³-hybridized carbons (Fsp3) is 0.571. The van der Waals surface area contributed by atoms with Gasteiger partial charge in [0.1, 0.15) is 11.5 Å². The standard InChI is InChI=1S/C14H20N2O2S2/c1-9-11(13(5-7-19)17-15-9)3-4-12-10(2)16-18-14(12)6-8-20/h19-20H,3-8H2,1-2H3. The SMILES string of the molecule is Cc1noc(CCS)c1CCc1c(C)noc1CCS. The van der Waals surface area contributed by atoms with E-state index in [2.05, 4.69) is 35.6 Å². The fourth-order valence-electron chi connectivity index (χ4n) is 2.36. The van der Waals surface area contributed by atoms with E-state index in [0.29, 0.717) is 0 Å². The second-order valence-corrected chi connectivity index (χ2v) is 5.68. The Morgan fingerprint density at radius 1 is 0.750 bits per heavy atom. The van der Waals surface area contributed by atoms with Gasteiger partial charge in [0.2, 0.25) is 0 Å². The fourth-order valence-corrected chi connectivity index (χ4v) is 2.76. The molecule has 0 N–H and O–H groups in total. The number of aromatic nitrogens is 2. The molecule has 0 aliphatic heterocycles. The average molecular weight is 312 g/mol. The molecule has 2 heterocycles. The summed E-state index contributed by atoms with van der Waals surface area (Å²) in [5, 5.41) is 8.11. The van der Waals surface area contributed by atoms with E-state index in [-0.39, 0.29) is 0 Å². The molecule has 0 saturated carbocycles. The molecule has 0 aliphatic carbocycles. The average Bonchev–Trinajstić information content (AvgIpc) is 2.94. The molecule has 110 valence electrons. The highest BCUT2D eigenvalue weighted by molar-refractivity contribution is 7.80. The van der Waals surface area contributed by atoms with Gasteiger partial charge in [-0.2, -0.15) is 25.3 Å². The topological polar surface area (TPSA) is 52.1 Å². The summed E-state index contributed by atoms with van der Waals surface area (Å²) in [7, 11) is 0. The lowest BCUT2D eigenvalue weighted by Crippen LogP contribution is -2.00. The van der Waals surface area contributed by atoms with Gasteiger partial charge in [0.05, 0.1) is 11.4 Å². The normalized spacial score (nSPS) is 11.2. The molecule has 2 aromatic heterocycles. The van der Waals surface area contributed by atoms with Gasteiger partial charge in [-0.05, 0) is 38.2 Å². The molecule has 6 heteroatoms. The highest BCUT2D eigenvalue weighted by atomic mass is 32.1. The van der Waals surface area contributed by atoms with Crippen molar-refractivity contribution >= 4 is 25.3 Å². The van der Waals surface area contributed by atoms with Crippen molar-refractivity contribution in [1.82, 2.24) is 10.3 Å². The van der Waals surface area contributed by atoms with Crippen LogP contribution in [0.3, 0.4) is 0 Å². The molecule has 0 spiro atoms. The Labute approximate surface area is 130 Å². The van der Waals surface area contributed by atoms with E-state index in [0.717, 1.165) is 60.1 Å². The van der Waals surface area contributed by atoms with Crippen LogP contribution < -0.4 is 0 Å². The minimum absolute atomic E-state index is 0.763. The number of hydrogen-bond donors (Lipinski definition) is 2. The van der Waals surface area contributed by atoms with Crippen molar-refractivity contribution in [2.45, 2.75) is 39.5 Å². The summed E-state index contributed by atoms with van der Waals surface area (Å²) in [6.07, 6.45) is 3.40. The van der Waals surface area contributed by atoms with Gasteiger partial charge >= 0.3 is 0 Å². The van der Waals surface area contributed by atoms with Crippen LogP contribution in [0.4, 0.5) is 0 Å². The lowest BCUT2D eigenvalue weighted by Gasteiger charge is -2.03. The van der Waals surface area contributed by atoms with Crippen LogP contribution in [0.2, 0.25) is 0 Å². The number of hydrogen-bond acceptors (Lipinski definition) is 6. The summed E-state index contributed by atoms with van der Waals surface area (Å²) in [4.78, 5) is 0. The van der Waals surface area contributed by atoms with Gasteiger partial charge in [-0.15, -0.1) is 0 Å². The van der Waals surface area contributed by atoms with Gasteiger partial charge in [0, 0.05) is 24.0 Å². The van der Waals surface area contributed by atoms with Gasteiger partial charge in [0.15, 0.2) is 0 Å². The molecule has 0 aliphatic rings. The minimum Gasteiger partial charge on any atom is -0.361 e. The van der Waals surface area contributed by atoms with Crippen molar-refractivity contribution in [1.29, 1.82) is 0 Å². The number of thiol groups is 2. The molecule has 0 atom stereocenters. The highest BCUT2D eigenvalue weighted by Crippen LogP contribution is 2.21. The van der Waals surface area contributed by atoms with Crippen LogP contribution in [-0.4, -0.2) is 21.8 Å². The molecule has 0 bridgehead atoms. The van der Waals surface area contributed by atoms with Crippen LogP contribution in [0.5, 0.6) is 0 Å². The molecule has 20 heavy (non-hydrogen) atoms. The Balaban J connectivity index is 2.12. The van der Waals surface area contributed by atoms with Gasteiger partial charge in [0.25, 0.3) is 0 Å². The lowest BCUT2D eigenvalue weighted by atomic mass is 10.0. The molecule has 0 radical (unpaired) electrons. The van der Waals surface area contributed by atoms with E-state index in [4.69, 9.17) is 9.05 Å². The first-order chi connectivity index (χ1) is 9.67. The summed E-state index contributed by atoms with van der Waals surface area (Å²) in [5.41, 5.74) is 4.31. The lowest BCUT2D eigenvalue weighted by molar-refractivity contribution is 0.381. The van der Waals surface area contributed by atoms with E-state index < -0.39 is 0 Å². The largest absolute Gasteiger partial charge is 0.361 e.